The van der Waals surface area contributed by atoms with E-state index in [2.05, 4.69) is 23.5 Å². The highest BCUT2D eigenvalue weighted by atomic mass is 32.1. The maximum absolute atomic E-state index is 6.07. The molecular formula is C16H18N2OS. The number of benzene rings is 1. The fourth-order valence-electron chi connectivity index (χ4n) is 2.80. The predicted octanol–water partition coefficient (Wildman–Crippen LogP) is 3.42. The zero-order valence-corrected chi connectivity index (χ0v) is 12.4. The SMILES string of the molecule is CNCc1sc(C2Cc3ccccc3O2)nc1C1CC1. The fraction of sp³-hybridized carbons (Fsp3) is 0.438. The Bertz CT molecular complexity index is 608. The van der Waals surface area contributed by atoms with Crippen LogP contribution in [0.1, 0.15) is 46.0 Å². The summed E-state index contributed by atoms with van der Waals surface area (Å²) >= 11 is 1.82. The van der Waals surface area contributed by atoms with Gasteiger partial charge in [-0.1, -0.05) is 18.2 Å². The first-order valence-corrected chi connectivity index (χ1v) is 8.05. The number of hydrogen-bond donors (Lipinski definition) is 1. The number of fused-ring (bicyclic) bond motifs is 1. The number of ether oxygens (including phenoxy) is 1. The van der Waals surface area contributed by atoms with Gasteiger partial charge in [-0.2, -0.15) is 0 Å². The fourth-order valence-corrected chi connectivity index (χ4v) is 4.00. The van der Waals surface area contributed by atoms with Gasteiger partial charge in [0.25, 0.3) is 0 Å². The molecule has 3 nitrogen and oxygen atoms in total. The Morgan fingerprint density at radius 3 is 2.95 bits per heavy atom. The van der Waals surface area contributed by atoms with E-state index in [1.165, 1.54) is 29.0 Å². The van der Waals surface area contributed by atoms with E-state index in [1.807, 2.05) is 24.5 Å². The average Bonchev–Trinajstić information content (AvgIpc) is 3.07. The van der Waals surface area contributed by atoms with Gasteiger partial charge in [0.1, 0.15) is 10.8 Å². The summed E-state index contributed by atoms with van der Waals surface area (Å²) in [5, 5.41) is 4.40. The molecule has 0 saturated heterocycles. The molecule has 0 amide bonds. The van der Waals surface area contributed by atoms with Gasteiger partial charge in [0.2, 0.25) is 0 Å². The minimum Gasteiger partial charge on any atom is -0.483 e. The second-order valence-electron chi connectivity index (χ2n) is 5.58. The Balaban J connectivity index is 1.62. The predicted molar refractivity (Wildman–Crippen MR) is 80.4 cm³/mol. The molecule has 1 N–H and O–H groups in total. The van der Waals surface area contributed by atoms with Gasteiger partial charge in [0, 0.05) is 23.8 Å². The summed E-state index contributed by atoms with van der Waals surface area (Å²) in [6.07, 6.45) is 3.66. The van der Waals surface area contributed by atoms with Crippen LogP contribution in [0.3, 0.4) is 0 Å². The van der Waals surface area contributed by atoms with Crippen LogP contribution in [0, 0.1) is 0 Å². The third kappa shape index (κ3) is 2.13. The molecule has 2 aliphatic rings. The lowest BCUT2D eigenvalue weighted by Crippen LogP contribution is -2.05. The van der Waals surface area contributed by atoms with Gasteiger partial charge in [-0.25, -0.2) is 4.98 Å². The van der Waals surface area contributed by atoms with Crippen LogP contribution in [0.15, 0.2) is 24.3 Å². The summed E-state index contributed by atoms with van der Waals surface area (Å²) in [7, 11) is 2.00. The summed E-state index contributed by atoms with van der Waals surface area (Å²) in [6, 6.07) is 8.32. The molecule has 0 radical (unpaired) electrons. The average molecular weight is 286 g/mol. The zero-order chi connectivity index (χ0) is 13.5. The van der Waals surface area contributed by atoms with Crippen LogP contribution < -0.4 is 10.1 Å². The molecular weight excluding hydrogens is 268 g/mol. The van der Waals surface area contributed by atoms with Gasteiger partial charge in [0.05, 0.1) is 5.69 Å². The first kappa shape index (κ1) is 12.4. The number of nitrogens with zero attached hydrogens (tertiary/aromatic N) is 1. The molecule has 2 aromatic rings. The summed E-state index contributed by atoms with van der Waals surface area (Å²) in [5.74, 6) is 1.72. The molecule has 104 valence electrons. The highest BCUT2D eigenvalue weighted by Gasteiger charge is 2.33. The first-order chi connectivity index (χ1) is 9.85. The highest BCUT2D eigenvalue weighted by Crippen LogP contribution is 2.45. The van der Waals surface area contributed by atoms with E-state index in [0.717, 1.165) is 23.7 Å². The van der Waals surface area contributed by atoms with E-state index in [0.29, 0.717) is 5.92 Å². The second kappa shape index (κ2) is 4.86. The largest absolute Gasteiger partial charge is 0.483 e. The zero-order valence-electron chi connectivity index (χ0n) is 11.6. The van der Waals surface area contributed by atoms with Gasteiger partial charge in [0.15, 0.2) is 6.10 Å². The summed E-state index contributed by atoms with van der Waals surface area (Å²) in [4.78, 5) is 6.30. The van der Waals surface area contributed by atoms with Crippen molar-refractivity contribution in [2.24, 2.45) is 0 Å². The van der Waals surface area contributed by atoms with Crippen molar-refractivity contribution in [1.29, 1.82) is 0 Å². The lowest BCUT2D eigenvalue weighted by Gasteiger charge is -2.06. The van der Waals surface area contributed by atoms with E-state index in [1.54, 1.807) is 0 Å². The summed E-state index contributed by atoms with van der Waals surface area (Å²) < 4.78 is 6.07. The molecule has 0 bridgehead atoms. The molecule has 1 unspecified atom stereocenters. The molecule has 1 aromatic carbocycles. The van der Waals surface area contributed by atoms with E-state index < -0.39 is 0 Å². The Morgan fingerprint density at radius 1 is 1.35 bits per heavy atom. The Hall–Kier alpha value is -1.39. The number of hydrogen-bond acceptors (Lipinski definition) is 4. The van der Waals surface area contributed by atoms with Crippen molar-refractivity contribution in [2.75, 3.05) is 7.05 Å². The van der Waals surface area contributed by atoms with E-state index >= 15 is 0 Å². The molecule has 0 spiro atoms. The van der Waals surface area contributed by atoms with Crippen molar-refractivity contribution in [3.63, 3.8) is 0 Å². The molecule has 4 heteroatoms. The van der Waals surface area contributed by atoms with Gasteiger partial charge in [-0.05, 0) is 31.5 Å². The third-order valence-corrected chi connectivity index (χ3v) is 5.13. The summed E-state index contributed by atoms with van der Waals surface area (Å²) in [5.41, 5.74) is 2.62. The molecule has 1 atom stereocenters. The standard InChI is InChI=1S/C16H18N2OS/c1-17-9-14-15(10-6-7-10)18-16(20-14)13-8-11-4-2-3-5-12(11)19-13/h2-5,10,13,17H,6-9H2,1H3. The molecule has 1 saturated carbocycles. The minimum absolute atomic E-state index is 0.112. The van der Waals surface area contributed by atoms with Crippen molar-refractivity contribution >= 4 is 11.3 Å². The minimum atomic E-state index is 0.112. The molecule has 1 aliphatic carbocycles. The topological polar surface area (TPSA) is 34.1 Å². The smallest absolute Gasteiger partial charge is 0.154 e. The van der Waals surface area contributed by atoms with Crippen LogP contribution in [0.2, 0.25) is 0 Å². The third-order valence-electron chi connectivity index (χ3n) is 3.97. The van der Waals surface area contributed by atoms with Crippen LogP contribution in [0.5, 0.6) is 5.75 Å². The Labute approximate surface area is 123 Å². The molecule has 4 rings (SSSR count). The lowest BCUT2D eigenvalue weighted by atomic mass is 10.1. The van der Waals surface area contributed by atoms with Gasteiger partial charge >= 0.3 is 0 Å². The lowest BCUT2D eigenvalue weighted by molar-refractivity contribution is 0.238. The van der Waals surface area contributed by atoms with Crippen molar-refractivity contribution in [2.45, 2.75) is 37.8 Å². The Morgan fingerprint density at radius 2 is 2.20 bits per heavy atom. The first-order valence-electron chi connectivity index (χ1n) is 7.24. The van der Waals surface area contributed by atoms with Crippen LogP contribution in [-0.2, 0) is 13.0 Å². The molecule has 1 aliphatic heterocycles. The quantitative estimate of drug-likeness (QED) is 0.935. The number of rotatable bonds is 4. The van der Waals surface area contributed by atoms with E-state index in [-0.39, 0.29) is 6.10 Å². The maximum Gasteiger partial charge on any atom is 0.154 e. The van der Waals surface area contributed by atoms with Crippen molar-refractivity contribution in [3.8, 4) is 5.75 Å². The van der Waals surface area contributed by atoms with Crippen LogP contribution in [0.4, 0.5) is 0 Å². The van der Waals surface area contributed by atoms with Crippen molar-refractivity contribution < 1.29 is 4.74 Å². The van der Waals surface area contributed by atoms with Crippen LogP contribution in [-0.4, -0.2) is 12.0 Å². The van der Waals surface area contributed by atoms with Gasteiger partial charge < -0.3 is 10.1 Å². The van der Waals surface area contributed by atoms with Crippen LogP contribution >= 0.6 is 11.3 Å². The van der Waals surface area contributed by atoms with Gasteiger partial charge in [-0.15, -0.1) is 11.3 Å². The molecule has 1 aromatic heterocycles. The maximum atomic E-state index is 6.07. The second-order valence-corrected chi connectivity index (χ2v) is 6.70. The van der Waals surface area contributed by atoms with Gasteiger partial charge in [-0.3, -0.25) is 0 Å². The van der Waals surface area contributed by atoms with E-state index in [9.17, 15) is 0 Å². The molecule has 20 heavy (non-hydrogen) atoms. The number of thiazole rings is 1. The van der Waals surface area contributed by atoms with Crippen molar-refractivity contribution in [1.82, 2.24) is 10.3 Å². The number of para-hydroxylation sites is 1. The normalized spacial score (nSPS) is 20.8. The number of aromatic nitrogens is 1. The highest BCUT2D eigenvalue weighted by molar-refractivity contribution is 7.11. The van der Waals surface area contributed by atoms with E-state index in [4.69, 9.17) is 9.72 Å². The molecule has 1 fully saturated rings. The summed E-state index contributed by atoms with van der Waals surface area (Å²) in [6.45, 7) is 0.920. The number of nitrogens with one attached hydrogen (secondary N) is 1. The Kier molecular flexibility index (Phi) is 3.00. The van der Waals surface area contributed by atoms with Crippen LogP contribution in [0.25, 0.3) is 0 Å². The molecule has 2 heterocycles. The van der Waals surface area contributed by atoms with Crippen molar-refractivity contribution in [3.05, 3.63) is 45.4 Å². The monoisotopic (exact) mass is 286 g/mol.